The predicted molar refractivity (Wildman–Crippen MR) is 106 cm³/mol. The number of nitrogens with one attached hydrogen (secondary N) is 1. The zero-order valence-corrected chi connectivity index (χ0v) is 16.1. The molecular weight excluding hydrogens is 383 g/mol. The maximum Gasteiger partial charge on any atom is 0.270 e. The molecule has 1 atom stereocenters. The number of aryl methyl sites for hydroxylation is 1. The molecule has 1 fully saturated rings. The number of carbonyl (C=O) groups excluding carboxylic acids is 1. The van der Waals surface area contributed by atoms with E-state index in [1.165, 1.54) is 22.7 Å². The molecule has 0 saturated carbocycles. The van der Waals surface area contributed by atoms with Crippen LogP contribution in [0.3, 0.4) is 0 Å². The fraction of sp³-hybridized carbons (Fsp3) is 0.250. The monoisotopic (exact) mass is 402 g/mol. The van der Waals surface area contributed by atoms with E-state index in [1.54, 1.807) is 35.4 Å². The first kappa shape index (κ1) is 20.0. The molecule has 3 heterocycles. The van der Waals surface area contributed by atoms with Gasteiger partial charge in [0.25, 0.3) is 11.5 Å². The van der Waals surface area contributed by atoms with Crippen LogP contribution in [0.1, 0.15) is 27.5 Å². The quantitative estimate of drug-likeness (QED) is 0.714. The summed E-state index contributed by atoms with van der Waals surface area (Å²) in [5, 5.41) is 3.22. The first-order chi connectivity index (χ1) is 13.0. The molecule has 3 aromatic rings. The Labute approximate surface area is 167 Å². The van der Waals surface area contributed by atoms with Crippen LogP contribution >= 0.6 is 12.4 Å². The SMILES string of the molecule is Cc1ccn2c(=O)c(C(=O)N3CCNCC3c3cccc(F)c3)cnc2c1.Cl. The molecule has 0 radical (unpaired) electrons. The summed E-state index contributed by atoms with van der Waals surface area (Å²) in [6.45, 7) is 3.45. The maximum atomic E-state index is 13.7. The Hall–Kier alpha value is -2.77. The van der Waals surface area contributed by atoms with Crippen molar-refractivity contribution in [1.29, 1.82) is 0 Å². The number of nitrogens with zero attached hydrogens (tertiary/aromatic N) is 3. The van der Waals surface area contributed by atoms with Crippen LogP contribution in [0.15, 0.2) is 53.6 Å². The molecule has 1 aliphatic rings. The summed E-state index contributed by atoms with van der Waals surface area (Å²) in [6.07, 6.45) is 2.96. The van der Waals surface area contributed by atoms with Gasteiger partial charge in [-0.3, -0.25) is 14.0 Å². The van der Waals surface area contributed by atoms with Gasteiger partial charge in [0.05, 0.1) is 6.04 Å². The summed E-state index contributed by atoms with van der Waals surface area (Å²) in [5.41, 5.74) is 1.79. The molecule has 0 spiro atoms. The number of carbonyl (C=O) groups is 1. The van der Waals surface area contributed by atoms with Crippen LogP contribution in [0.2, 0.25) is 0 Å². The molecule has 1 aromatic carbocycles. The van der Waals surface area contributed by atoms with Crippen LogP contribution in [0, 0.1) is 12.7 Å². The van der Waals surface area contributed by atoms with Gasteiger partial charge < -0.3 is 10.2 Å². The number of piperazine rings is 1. The van der Waals surface area contributed by atoms with E-state index in [1.807, 2.05) is 6.92 Å². The van der Waals surface area contributed by atoms with Crippen LogP contribution < -0.4 is 10.9 Å². The Bertz CT molecular complexity index is 1090. The minimum absolute atomic E-state index is 0. The van der Waals surface area contributed by atoms with Gasteiger partial charge in [0, 0.05) is 32.0 Å². The smallest absolute Gasteiger partial charge is 0.270 e. The van der Waals surface area contributed by atoms with Gasteiger partial charge in [-0.05, 0) is 42.3 Å². The molecule has 1 saturated heterocycles. The number of benzene rings is 1. The van der Waals surface area contributed by atoms with Crippen LogP contribution in [0.4, 0.5) is 4.39 Å². The second-order valence-corrected chi connectivity index (χ2v) is 6.68. The van der Waals surface area contributed by atoms with E-state index >= 15 is 0 Å². The molecular formula is C20H20ClFN4O2. The lowest BCUT2D eigenvalue weighted by molar-refractivity contribution is 0.0631. The van der Waals surface area contributed by atoms with Gasteiger partial charge in [-0.25, -0.2) is 9.37 Å². The van der Waals surface area contributed by atoms with E-state index in [-0.39, 0.29) is 29.8 Å². The highest BCUT2D eigenvalue weighted by Crippen LogP contribution is 2.24. The van der Waals surface area contributed by atoms with Crippen molar-refractivity contribution in [3.63, 3.8) is 0 Å². The highest BCUT2D eigenvalue weighted by molar-refractivity contribution is 5.94. The summed E-state index contributed by atoms with van der Waals surface area (Å²) in [6, 6.07) is 9.44. The van der Waals surface area contributed by atoms with Gasteiger partial charge in [0.15, 0.2) is 0 Å². The number of amides is 1. The number of rotatable bonds is 2. The minimum atomic E-state index is -0.401. The maximum absolute atomic E-state index is 13.7. The van der Waals surface area contributed by atoms with Crippen molar-refractivity contribution in [2.24, 2.45) is 0 Å². The Morgan fingerprint density at radius 1 is 1.29 bits per heavy atom. The predicted octanol–water partition coefficient (Wildman–Crippen LogP) is 2.35. The Balaban J connectivity index is 0.00000225. The van der Waals surface area contributed by atoms with Gasteiger partial charge >= 0.3 is 0 Å². The highest BCUT2D eigenvalue weighted by Gasteiger charge is 2.30. The zero-order chi connectivity index (χ0) is 19.0. The fourth-order valence-electron chi connectivity index (χ4n) is 3.44. The lowest BCUT2D eigenvalue weighted by Gasteiger charge is -2.36. The average Bonchev–Trinajstić information content (AvgIpc) is 2.67. The van der Waals surface area contributed by atoms with Gasteiger partial charge in [-0.15, -0.1) is 12.4 Å². The first-order valence-electron chi connectivity index (χ1n) is 8.80. The van der Waals surface area contributed by atoms with E-state index in [0.29, 0.717) is 30.8 Å². The molecule has 1 unspecified atom stereocenters. The number of hydrogen-bond acceptors (Lipinski definition) is 4. The van der Waals surface area contributed by atoms with Gasteiger partial charge in [0.2, 0.25) is 0 Å². The van der Waals surface area contributed by atoms with Crippen molar-refractivity contribution in [3.8, 4) is 0 Å². The molecule has 2 aromatic heterocycles. The normalized spacial score (nSPS) is 16.6. The molecule has 1 N–H and O–H groups in total. The number of halogens is 2. The van der Waals surface area contributed by atoms with Gasteiger partial charge in [0.1, 0.15) is 17.0 Å². The molecule has 28 heavy (non-hydrogen) atoms. The van der Waals surface area contributed by atoms with Crippen molar-refractivity contribution >= 4 is 24.0 Å². The van der Waals surface area contributed by atoms with Crippen molar-refractivity contribution < 1.29 is 9.18 Å². The van der Waals surface area contributed by atoms with E-state index in [9.17, 15) is 14.0 Å². The molecule has 146 valence electrons. The van der Waals surface area contributed by atoms with Crippen molar-refractivity contribution in [3.05, 3.63) is 81.7 Å². The number of pyridine rings is 1. The van der Waals surface area contributed by atoms with Crippen LogP contribution in [0.5, 0.6) is 0 Å². The van der Waals surface area contributed by atoms with E-state index in [4.69, 9.17) is 0 Å². The molecule has 0 bridgehead atoms. The summed E-state index contributed by atoms with van der Waals surface area (Å²) < 4.78 is 15.0. The molecule has 6 nitrogen and oxygen atoms in total. The fourth-order valence-corrected chi connectivity index (χ4v) is 3.44. The van der Waals surface area contributed by atoms with Gasteiger partial charge in [-0.2, -0.15) is 0 Å². The summed E-state index contributed by atoms with van der Waals surface area (Å²) in [7, 11) is 0. The third-order valence-corrected chi connectivity index (χ3v) is 4.83. The summed E-state index contributed by atoms with van der Waals surface area (Å²) >= 11 is 0. The van der Waals surface area contributed by atoms with E-state index in [0.717, 1.165) is 5.56 Å². The number of fused-ring (bicyclic) bond motifs is 1. The average molecular weight is 403 g/mol. The van der Waals surface area contributed by atoms with Crippen LogP contribution in [-0.4, -0.2) is 39.8 Å². The molecule has 1 aliphatic heterocycles. The molecule has 0 aliphatic carbocycles. The lowest BCUT2D eigenvalue weighted by Crippen LogP contribution is -2.49. The Kier molecular flexibility index (Phi) is 5.76. The molecule has 8 heteroatoms. The first-order valence-corrected chi connectivity index (χ1v) is 8.80. The van der Waals surface area contributed by atoms with Crippen LogP contribution in [0.25, 0.3) is 5.65 Å². The van der Waals surface area contributed by atoms with E-state index < -0.39 is 11.5 Å². The van der Waals surface area contributed by atoms with Crippen LogP contribution in [-0.2, 0) is 0 Å². The van der Waals surface area contributed by atoms with Crippen molar-refractivity contribution in [1.82, 2.24) is 19.6 Å². The largest absolute Gasteiger partial charge is 0.329 e. The van der Waals surface area contributed by atoms with Crippen molar-refractivity contribution in [2.75, 3.05) is 19.6 Å². The molecule has 1 amide bonds. The summed E-state index contributed by atoms with van der Waals surface area (Å²) in [5.74, 6) is -0.744. The Morgan fingerprint density at radius 3 is 2.89 bits per heavy atom. The second-order valence-electron chi connectivity index (χ2n) is 6.68. The zero-order valence-electron chi connectivity index (χ0n) is 15.3. The number of aromatic nitrogens is 2. The second kappa shape index (κ2) is 8.08. The highest BCUT2D eigenvalue weighted by atomic mass is 35.5. The third-order valence-electron chi connectivity index (χ3n) is 4.83. The van der Waals surface area contributed by atoms with E-state index in [2.05, 4.69) is 10.3 Å². The minimum Gasteiger partial charge on any atom is -0.329 e. The van der Waals surface area contributed by atoms with Crippen molar-refractivity contribution in [2.45, 2.75) is 13.0 Å². The lowest BCUT2D eigenvalue weighted by atomic mass is 10.0. The topological polar surface area (TPSA) is 66.7 Å². The summed E-state index contributed by atoms with van der Waals surface area (Å²) in [4.78, 5) is 31.9. The Morgan fingerprint density at radius 2 is 2.11 bits per heavy atom. The number of hydrogen-bond donors (Lipinski definition) is 1. The van der Waals surface area contributed by atoms with Gasteiger partial charge in [-0.1, -0.05) is 12.1 Å². The third kappa shape index (κ3) is 3.63. The standard InChI is InChI=1S/C20H19FN4O2.ClH/c1-13-5-7-25-18(9-13)23-11-16(20(25)27)19(26)24-8-6-22-12-17(24)14-3-2-4-15(21)10-14;/h2-5,7,9-11,17,22H,6,8,12H2,1H3;1H. The molecule has 4 rings (SSSR count).